The van der Waals surface area contributed by atoms with Gasteiger partial charge in [-0.2, -0.15) is 0 Å². The third kappa shape index (κ3) is 2.06. The SMILES string of the molecule is COc1cccc2cc(-c3ccccc3)[n+](C)cc12. The summed E-state index contributed by atoms with van der Waals surface area (Å²) in [7, 11) is 3.77. The summed E-state index contributed by atoms with van der Waals surface area (Å²) in [6.45, 7) is 0. The molecule has 0 aliphatic carbocycles. The fraction of sp³-hybridized carbons (Fsp3) is 0.118. The Kier molecular flexibility index (Phi) is 2.92. The zero-order valence-electron chi connectivity index (χ0n) is 11.1. The van der Waals surface area contributed by atoms with E-state index in [9.17, 15) is 0 Å². The maximum atomic E-state index is 5.41. The van der Waals surface area contributed by atoms with Gasteiger partial charge in [-0.25, -0.2) is 4.57 Å². The van der Waals surface area contributed by atoms with Crippen LogP contribution in [0.4, 0.5) is 0 Å². The van der Waals surface area contributed by atoms with Crippen molar-refractivity contribution in [1.82, 2.24) is 0 Å². The molecular formula is C17H16NO+. The van der Waals surface area contributed by atoms with Crippen molar-refractivity contribution in [2.75, 3.05) is 7.11 Å². The van der Waals surface area contributed by atoms with E-state index in [0.29, 0.717) is 0 Å². The predicted molar refractivity (Wildman–Crippen MR) is 77.1 cm³/mol. The van der Waals surface area contributed by atoms with Crippen molar-refractivity contribution in [3.8, 4) is 17.0 Å². The molecule has 2 heteroatoms. The van der Waals surface area contributed by atoms with Gasteiger partial charge in [0.15, 0.2) is 6.20 Å². The first kappa shape index (κ1) is 11.7. The second kappa shape index (κ2) is 4.73. The van der Waals surface area contributed by atoms with Crippen LogP contribution in [0.25, 0.3) is 22.0 Å². The highest BCUT2D eigenvalue weighted by Crippen LogP contribution is 2.26. The lowest BCUT2D eigenvalue weighted by Crippen LogP contribution is -2.30. The number of aromatic nitrogens is 1. The monoisotopic (exact) mass is 250 g/mol. The Labute approximate surface area is 112 Å². The molecular weight excluding hydrogens is 234 g/mol. The molecule has 3 aromatic rings. The minimum atomic E-state index is 0.910. The van der Waals surface area contributed by atoms with Gasteiger partial charge in [0.1, 0.15) is 12.8 Å². The van der Waals surface area contributed by atoms with Crippen molar-refractivity contribution in [2.45, 2.75) is 0 Å². The molecule has 94 valence electrons. The number of fused-ring (bicyclic) bond motifs is 1. The van der Waals surface area contributed by atoms with Crippen molar-refractivity contribution in [2.24, 2.45) is 7.05 Å². The van der Waals surface area contributed by atoms with Gasteiger partial charge in [-0.15, -0.1) is 0 Å². The molecule has 0 radical (unpaired) electrons. The molecule has 0 fully saturated rings. The summed E-state index contributed by atoms with van der Waals surface area (Å²) in [4.78, 5) is 0. The van der Waals surface area contributed by atoms with E-state index in [4.69, 9.17) is 4.74 Å². The Balaban J connectivity index is 2.26. The number of pyridine rings is 1. The number of nitrogens with zero attached hydrogens (tertiary/aromatic N) is 1. The summed E-state index contributed by atoms with van der Waals surface area (Å²) in [5.74, 6) is 0.910. The average molecular weight is 250 g/mol. The quantitative estimate of drug-likeness (QED) is 0.636. The highest BCUT2D eigenvalue weighted by molar-refractivity contribution is 5.88. The first-order valence-electron chi connectivity index (χ1n) is 6.31. The molecule has 0 amide bonds. The molecule has 0 aliphatic rings. The molecule has 0 aliphatic heterocycles. The fourth-order valence-electron chi connectivity index (χ4n) is 2.41. The number of ether oxygens (including phenoxy) is 1. The Bertz CT molecular complexity index is 720. The van der Waals surface area contributed by atoms with Crippen LogP contribution in [0.15, 0.2) is 60.8 Å². The minimum Gasteiger partial charge on any atom is -0.496 e. The molecule has 0 saturated carbocycles. The van der Waals surface area contributed by atoms with Crippen molar-refractivity contribution >= 4 is 10.8 Å². The Morgan fingerprint density at radius 3 is 2.47 bits per heavy atom. The summed E-state index contributed by atoms with van der Waals surface area (Å²) < 4.78 is 7.55. The highest BCUT2D eigenvalue weighted by atomic mass is 16.5. The molecule has 0 N–H and O–H groups in total. The van der Waals surface area contributed by atoms with Crippen LogP contribution >= 0.6 is 0 Å². The summed E-state index contributed by atoms with van der Waals surface area (Å²) in [6.07, 6.45) is 2.12. The van der Waals surface area contributed by atoms with Gasteiger partial charge >= 0.3 is 0 Å². The van der Waals surface area contributed by atoms with Crippen molar-refractivity contribution in [3.63, 3.8) is 0 Å². The fourth-order valence-corrected chi connectivity index (χ4v) is 2.41. The van der Waals surface area contributed by atoms with Crippen LogP contribution in [0.1, 0.15) is 0 Å². The summed E-state index contributed by atoms with van der Waals surface area (Å²) >= 11 is 0. The van der Waals surface area contributed by atoms with Crippen LogP contribution in [-0.2, 0) is 7.05 Å². The number of hydrogen-bond donors (Lipinski definition) is 0. The van der Waals surface area contributed by atoms with Crippen LogP contribution in [0.5, 0.6) is 5.75 Å². The molecule has 0 atom stereocenters. The zero-order chi connectivity index (χ0) is 13.2. The molecule has 1 aromatic heterocycles. The van der Waals surface area contributed by atoms with E-state index in [1.165, 1.54) is 16.6 Å². The van der Waals surface area contributed by atoms with E-state index in [2.05, 4.69) is 54.2 Å². The maximum Gasteiger partial charge on any atom is 0.212 e. The second-order valence-corrected chi connectivity index (χ2v) is 4.60. The van der Waals surface area contributed by atoms with Crippen molar-refractivity contribution < 1.29 is 9.30 Å². The maximum absolute atomic E-state index is 5.41. The molecule has 0 unspecified atom stereocenters. The van der Waals surface area contributed by atoms with Gasteiger partial charge in [0.05, 0.1) is 12.5 Å². The van der Waals surface area contributed by atoms with E-state index in [1.807, 2.05) is 18.2 Å². The standard InChI is InChI=1S/C17H16NO/c1-18-12-15-14(9-6-10-17(15)19-2)11-16(18)13-7-4-3-5-8-13/h3-12H,1-2H3/q+1. The van der Waals surface area contributed by atoms with Crippen LogP contribution in [-0.4, -0.2) is 7.11 Å². The molecule has 1 heterocycles. The molecule has 2 aromatic carbocycles. The van der Waals surface area contributed by atoms with Gasteiger partial charge in [-0.3, -0.25) is 0 Å². The Hall–Kier alpha value is -2.35. The number of benzene rings is 2. The third-order valence-electron chi connectivity index (χ3n) is 3.38. The number of rotatable bonds is 2. The largest absolute Gasteiger partial charge is 0.496 e. The van der Waals surface area contributed by atoms with Crippen molar-refractivity contribution in [3.05, 3.63) is 60.8 Å². The van der Waals surface area contributed by atoms with Gasteiger partial charge in [0, 0.05) is 11.6 Å². The summed E-state index contributed by atoms with van der Waals surface area (Å²) in [5, 5.41) is 2.32. The third-order valence-corrected chi connectivity index (χ3v) is 3.38. The first-order chi connectivity index (χ1) is 9.29. The molecule has 19 heavy (non-hydrogen) atoms. The van der Waals surface area contributed by atoms with E-state index in [-0.39, 0.29) is 0 Å². The summed E-state index contributed by atoms with van der Waals surface area (Å²) in [5.41, 5.74) is 2.41. The van der Waals surface area contributed by atoms with E-state index in [1.54, 1.807) is 7.11 Å². The van der Waals surface area contributed by atoms with E-state index < -0.39 is 0 Å². The van der Waals surface area contributed by atoms with Crippen LogP contribution < -0.4 is 9.30 Å². The highest BCUT2D eigenvalue weighted by Gasteiger charge is 2.13. The van der Waals surface area contributed by atoms with Crippen LogP contribution in [0, 0.1) is 0 Å². The van der Waals surface area contributed by atoms with Gasteiger partial charge in [-0.1, -0.05) is 30.3 Å². The Morgan fingerprint density at radius 2 is 1.74 bits per heavy atom. The second-order valence-electron chi connectivity index (χ2n) is 4.60. The van der Waals surface area contributed by atoms with E-state index in [0.717, 1.165) is 11.1 Å². The lowest BCUT2D eigenvalue weighted by atomic mass is 10.1. The zero-order valence-corrected chi connectivity index (χ0v) is 11.1. The van der Waals surface area contributed by atoms with Crippen molar-refractivity contribution in [1.29, 1.82) is 0 Å². The van der Waals surface area contributed by atoms with Crippen LogP contribution in [0.2, 0.25) is 0 Å². The van der Waals surface area contributed by atoms with E-state index >= 15 is 0 Å². The molecule has 0 bridgehead atoms. The number of methoxy groups -OCH3 is 1. The number of hydrogen-bond acceptors (Lipinski definition) is 1. The molecule has 0 saturated heterocycles. The lowest BCUT2D eigenvalue weighted by molar-refractivity contribution is -0.659. The predicted octanol–water partition coefficient (Wildman–Crippen LogP) is 3.34. The van der Waals surface area contributed by atoms with Gasteiger partial charge < -0.3 is 4.74 Å². The normalized spacial score (nSPS) is 10.6. The molecule has 0 spiro atoms. The topological polar surface area (TPSA) is 13.1 Å². The molecule has 3 rings (SSSR count). The minimum absolute atomic E-state index is 0.910. The summed E-state index contributed by atoms with van der Waals surface area (Å²) in [6, 6.07) is 18.7. The smallest absolute Gasteiger partial charge is 0.212 e. The molecule has 2 nitrogen and oxygen atoms in total. The van der Waals surface area contributed by atoms with Gasteiger partial charge in [0.25, 0.3) is 0 Å². The van der Waals surface area contributed by atoms with Gasteiger partial charge in [-0.05, 0) is 23.6 Å². The lowest BCUT2D eigenvalue weighted by Gasteiger charge is -2.06. The Morgan fingerprint density at radius 1 is 0.947 bits per heavy atom. The van der Waals surface area contributed by atoms with Crippen LogP contribution in [0.3, 0.4) is 0 Å². The van der Waals surface area contributed by atoms with Gasteiger partial charge in [0.2, 0.25) is 5.69 Å². The number of aryl methyl sites for hydroxylation is 1. The first-order valence-corrected chi connectivity index (χ1v) is 6.31. The average Bonchev–Trinajstić information content (AvgIpc) is 2.47.